The third kappa shape index (κ3) is 5.08. The van der Waals surface area contributed by atoms with Gasteiger partial charge < -0.3 is 30.5 Å². The second kappa shape index (κ2) is 9.26. The highest BCUT2D eigenvalue weighted by Gasteiger charge is 2.24. The number of hydrogen-bond donors (Lipinski definition) is 4. The van der Waals surface area contributed by atoms with Crippen molar-refractivity contribution in [2.45, 2.75) is 38.0 Å². The van der Waals surface area contributed by atoms with E-state index in [4.69, 9.17) is 20.6 Å². The van der Waals surface area contributed by atoms with E-state index in [1.165, 1.54) is 6.42 Å². The predicted octanol–water partition coefficient (Wildman–Crippen LogP) is 2.27. The summed E-state index contributed by atoms with van der Waals surface area (Å²) in [6, 6.07) is 13.0. The van der Waals surface area contributed by atoms with Gasteiger partial charge in [-0.3, -0.25) is 5.41 Å². The first-order valence-corrected chi connectivity index (χ1v) is 10.6. The van der Waals surface area contributed by atoms with Gasteiger partial charge in [0, 0.05) is 24.7 Å². The van der Waals surface area contributed by atoms with Crippen molar-refractivity contribution in [3.8, 4) is 11.5 Å². The molecule has 0 radical (unpaired) electrons. The van der Waals surface area contributed by atoms with Gasteiger partial charge in [0.25, 0.3) is 0 Å². The molecule has 2 atom stereocenters. The molecular formula is C23H28N4O4. The zero-order valence-electron chi connectivity index (χ0n) is 17.3. The topological polar surface area (TPSA) is 121 Å². The third-order valence-corrected chi connectivity index (χ3v) is 5.81. The number of nitrogens with two attached hydrogens (primary N) is 1. The molecule has 0 saturated carbocycles. The molecule has 0 spiro atoms. The molecule has 31 heavy (non-hydrogen) atoms. The van der Waals surface area contributed by atoms with Crippen LogP contribution in [0, 0.1) is 5.41 Å². The number of rotatable bonds is 7. The molecule has 2 aromatic rings. The lowest BCUT2D eigenvalue weighted by atomic mass is 9.99. The number of aliphatic carboxylic acids is 1. The summed E-state index contributed by atoms with van der Waals surface area (Å²) in [5, 5.41) is 20.8. The van der Waals surface area contributed by atoms with Crippen molar-refractivity contribution >= 4 is 11.9 Å². The van der Waals surface area contributed by atoms with Crippen LogP contribution in [0.1, 0.15) is 35.6 Å². The van der Waals surface area contributed by atoms with Gasteiger partial charge >= 0.3 is 5.97 Å². The van der Waals surface area contributed by atoms with Crippen LogP contribution >= 0.6 is 0 Å². The summed E-state index contributed by atoms with van der Waals surface area (Å²) in [7, 11) is 0. The molecule has 2 heterocycles. The summed E-state index contributed by atoms with van der Waals surface area (Å²) in [6.07, 6.45) is 1.93. The van der Waals surface area contributed by atoms with Gasteiger partial charge in [-0.15, -0.1) is 0 Å². The van der Waals surface area contributed by atoms with Crippen LogP contribution in [-0.2, 0) is 17.8 Å². The summed E-state index contributed by atoms with van der Waals surface area (Å²) in [4.78, 5) is 13.7. The minimum atomic E-state index is -1.13. The molecular weight excluding hydrogens is 396 g/mol. The average molecular weight is 425 g/mol. The van der Waals surface area contributed by atoms with Gasteiger partial charge in [-0.2, -0.15) is 0 Å². The highest BCUT2D eigenvalue weighted by Crippen LogP contribution is 2.28. The van der Waals surface area contributed by atoms with E-state index < -0.39 is 12.1 Å². The molecule has 0 bridgehead atoms. The van der Waals surface area contributed by atoms with E-state index in [0.29, 0.717) is 42.8 Å². The summed E-state index contributed by atoms with van der Waals surface area (Å²) in [5.41, 5.74) is 8.31. The van der Waals surface area contributed by atoms with Gasteiger partial charge in [-0.05, 0) is 61.2 Å². The molecule has 2 aromatic carbocycles. The Bertz CT molecular complexity index is 941. The van der Waals surface area contributed by atoms with Gasteiger partial charge in [-0.1, -0.05) is 18.2 Å². The molecule has 0 aliphatic carbocycles. The monoisotopic (exact) mass is 424 g/mol. The Hall–Kier alpha value is -3.26. The first kappa shape index (κ1) is 21.0. The number of carboxylic acids is 1. The molecule has 1 saturated heterocycles. The van der Waals surface area contributed by atoms with Crippen LogP contribution in [0.15, 0.2) is 42.5 Å². The average Bonchev–Trinajstić information content (AvgIpc) is 3.29. The molecule has 0 amide bonds. The number of benzene rings is 2. The number of carboxylic acid groups (broad SMARTS) is 1. The normalized spacial score (nSPS) is 18.8. The van der Waals surface area contributed by atoms with Gasteiger partial charge in [0.05, 0.1) is 0 Å². The number of carbonyl (C=O) groups is 1. The van der Waals surface area contributed by atoms with E-state index in [1.807, 2.05) is 12.1 Å². The van der Waals surface area contributed by atoms with Crippen molar-refractivity contribution in [2.75, 3.05) is 19.7 Å². The van der Waals surface area contributed by atoms with Crippen LogP contribution < -0.4 is 20.5 Å². The van der Waals surface area contributed by atoms with Crippen LogP contribution in [0.3, 0.4) is 0 Å². The number of nitrogens with one attached hydrogen (secondary N) is 2. The lowest BCUT2D eigenvalue weighted by molar-refractivity contribution is -0.145. The third-order valence-electron chi connectivity index (χ3n) is 5.81. The number of nitrogens with zero attached hydrogens (tertiary/aromatic N) is 1. The van der Waals surface area contributed by atoms with E-state index in [2.05, 4.69) is 5.32 Å². The maximum absolute atomic E-state index is 11.9. The van der Waals surface area contributed by atoms with Crippen LogP contribution in [0.25, 0.3) is 0 Å². The zero-order valence-corrected chi connectivity index (χ0v) is 17.3. The largest absolute Gasteiger partial charge is 0.492 e. The second-order valence-corrected chi connectivity index (χ2v) is 8.00. The molecule has 5 N–H and O–H groups in total. The fraction of sp³-hybridized carbons (Fsp3) is 0.391. The number of hydrogen-bond acceptors (Lipinski definition) is 5. The Labute approximate surface area is 181 Å². The van der Waals surface area contributed by atoms with E-state index in [-0.39, 0.29) is 5.96 Å². The van der Waals surface area contributed by atoms with Crippen LogP contribution in [0.4, 0.5) is 0 Å². The molecule has 2 unspecified atom stereocenters. The highest BCUT2D eigenvalue weighted by atomic mass is 16.5. The summed E-state index contributed by atoms with van der Waals surface area (Å²) >= 11 is 0. The molecule has 2 aliphatic heterocycles. The van der Waals surface area contributed by atoms with Gasteiger partial charge in [0.1, 0.15) is 18.1 Å². The first-order chi connectivity index (χ1) is 15.0. The quantitative estimate of drug-likeness (QED) is 0.397. The minimum absolute atomic E-state index is 0.0337. The SMILES string of the molecule is N=C(N)N1CCc2ccc(OC(C(=O)O)c3ccc(OCC4CCCN4)cc3)cc2C1. The number of guanidine groups is 1. The summed E-state index contributed by atoms with van der Waals surface area (Å²) < 4.78 is 11.7. The van der Waals surface area contributed by atoms with Crippen molar-refractivity contribution in [2.24, 2.45) is 5.73 Å². The Morgan fingerprint density at radius 1 is 1.23 bits per heavy atom. The van der Waals surface area contributed by atoms with Crippen molar-refractivity contribution in [1.29, 1.82) is 5.41 Å². The lowest BCUT2D eigenvalue weighted by Gasteiger charge is -2.29. The second-order valence-electron chi connectivity index (χ2n) is 8.00. The molecule has 0 aromatic heterocycles. The van der Waals surface area contributed by atoms with Crippen molar-refractivity contribution in [3.63, 3.8) is 0 Å². The van der Waals surface area contributed by atoms with E-state index in [0.717, 1.165) is 30.5 Å². The van der Waals surface area contributed by atoms with Crippen molar-refractivity contribution in [3.05, 3.63) is 59.2 Å². The number of fused-ring (bicyclic) bond motifs is 1. The highest BCUT2D eigenvalue weighted by molar-refractivity contribution is 5.75. The lowest BCUT2D eigenvalue weighted by Crippen LogP contribution is -2.40. The first-order valence-electron chi connectivity index (χ1n) is 10.6. The van der Waals surface area contributed by atoms with Gasteiger partial charge in [0.15, 0.2) is 5.96 Å². The van der Waals surface area contributed by atoms with Crippen LogP contribution in [0.2, 0.25) is 0 Å². The van der Waals surface area contributed by atoms with Crippen molar-refractivity contribution in [1.82, 2.24) is 10.2 Å². The zero-order chi connectivity index (χ0) is 21.8. The molecule has 8 nitrogen and oxygen atoms in total. The van der Waals surface area contributed by atoms with Crippen LogP contribution in [0.5, 0.6) is 11.5 Å². The maximum atomic E-state index is 11.9. The summed E-state index contributed by atoms with van der Waals surface area (Å²) in [5.74, 6) is 0.155. The predicted molar refractivity (Wildman–Crippen MR) is 116 cm³/mol. The number of ether oxygens (including phenoxy) is 2. The Morgan fingerprint density at radius 2 is 2.00 bits per heavy atom. The van der Waals surface area contributed by atoms with E-state index in [1.54, 1.807) is 35.2 Å². The van der Waals surface area contributed by atoms with Crippen molar-refractivity contribution < 1.29 is 19.4 Å². The van der Waals surface area contributed by atoms with E-state index in [9.17, 15) is 9.90 Å². The summed E-state index contributed by atoms with van der Waals surface area (Å²) in [6.45, 7) is 2.84. The fourth-order valence-electron chi connectivity index (χ4n) is 4.04. The maximum Gasteiger partial charge on any atom is 0.349 e. The Kier molecular flexibility index (Phi) is 6.27. The smallest absolute Gasteiger partial charge is 0.349 e. The van der Waals surface area contributed by atoms with Gasteiger partial charge in [0.2, 0.25) is 6.10 Å². The Balaban J connectivity index is 1.44. The molecule has 1 fully saturated rings. The standard InChI is InChI=1S/C23H28N4O4/c24-23(25)27-11-9-15-3-8-20(12-17(15)13-27)31-21(22(28)29)16-4-6-19(7-5-16)30-14-18-2-1-10-26-18/h3-8,12,18,21,26H,1-2,9-11,13-14H2,(H3,24,25)(H,28,29). The molecule has 8 heteroatoms. The van der Waals surface area contributed by atoms with E-state index >= 15 is 0 Å². The minimum Gasteiger partial charge on any atom is -0.492 e. The molecule has 164 valence electrons. The molecule has 4 rings (SSSR count). The fourth-order valence-corrected chi connectivity index (χ4v) is 4.04. The van der Waals surface area contributed by atoms with Crippen LogP contribution in [-0.4, -0.2) is 47.7 Å². The Morgan fingerprint density at radius 3 is 2.68 bits per heavy atom. The molecule has 2 aliphatic rings. The van der Waals surface area contributed by atoms with Gasteiger partial charge in [-0.25, -0.2) is 4.79 Å².